The summed E-state index contributed by atoms with van der Waals surface area (Å²) in [7, 11) is 1.67. The number of ether oxygens (including phenoxy) is 1. The van der Waals surface area contributed by atoms with Crippen molar-refractivity contribution in [1.82, 2.24) is 20.0 Å². The van der Waals surface area contributed by atoms with Gasteiger partial charge in [0.1, 0.15) is 5.75 Å². The van der Waals surface area contributed by atoms with Gasteiger partial charge in [0, 0.05) is 26.4 Å². The van der Waals surface area contributed by atoms with Crippen LogP contribution in [0.25, 0.3) is 0 Å². The van der Waals surface area contributed by atoms with Crippen molar-refractivity contribution in [3.05, 3.63) is 41.6 Å². The first-order chi connectivity index (χ1) is 13.0. The highest BCUT2D eigenvalue weighted by Crippen LogP contribution is 2.41. The third-order valence-electron chi connectivity index (χ3n) is 5.76. The van der Waals surface area contributed by atoms with Gasteiger partial charge in [-0.3, -0.25) is 9.69 Å². The van der Waals surface area contributed by atoms with Crippen LogP contribution in [0.15, 0.2) is 28.7 Å². The molecule has 2 aromatic rings. The maximum Gasteiger partial charge on any atom is 0.230 e. The molecule has 1 aromatic heterocycles. The molecule has 0 atom stereocenters. The summed E-state index contributed by atoms with van der Waals surface area (Å²) in [4.78, 5) is 17.0. The number of carbonyl (C=O) groups excluding carboxylic acids is 1. The van der Waals surface area contributed by atoms with Gasteiger partial charge in [0.25, 0.3) is 0 Å². The Hall–Kier alpha value is -2.41. The number of carbonyl (C=O) groups is 1. The summed E-state index contributed by atoms with van der Waals surface area (Å²) in [6.07, 6.45) is 2.71. The van der Waals surface area contributed by atoms with Crippen molar-refractivity contribution in [2.45, 2.75) is 39.3 Å². The summed E-state index contributed by atoms with van der Waals surface area (Å²) in [5, 5.41) is 7.97. The van der Waals surface area contributed by atoms with Gasteiger partial charge < -0.3 is 14.1 Å². The molecule has 0 radical (unpaired) electrons. The molecule has 4 rings (SSSR count). The molecule has 2 aliphatic heterocycles. The van der Waals surface area contributed by atoms with Crippen LogP contribution in [0.2, 0.25) is 0 Å². The average molecular weight is 370 g/mol. The van der Waals surface area contributed by atoms with Crippen molar-refractivity contribution in [1.29, 1.82) is 0 Å². The fraction of sp³-hybridized carbons (Fsp3) is 0.550. The smallest absolute Gasteiger partial charge is 0.230 e. The number of hydrogen-bond acceptors (Lipinski definition) is 6. The van der Waals surface area contributed by atoms with Crippen LogP contribution in [0.3, 0.4) is 0 Å². The molecule has 0 unspecified atom stereocenters. The summed E-state index contributed by atoms with van der Waals surface area (Å²) >= 11 is 0. The number of aryl methyl sites for hydroxylation is 1. The number of likely N-dealkylation sites (tertiary alicyclic amines) is 2. The van der Waals surface area contributed by atoms with Gasteiger partial charge >= 0.3 is 0 Å². The minimum atomic E-state index is 0.108. The number of methoxy groups -OCH3 is 1. The first kappa shape index (κ1) is 18.0. The molecule has 0 saturated carbocycles. The van der Waals surface area contributed by atoms with Crippen molar-refractivity contribution in [3.8, 4) is 5.75 Å². The largest absolute Gasteiger partial charge is 0.497 e. The van der Waals surface area contributed by atoms with Crippen molar-refractivity contribution in [3.63, 3.8) is 0 Å². The van der Waals surface area contributed by atoms with Gasteiger partial charge in [0.2, 0.25) is 17.7 Å². The fourth-order valence-corrected chi connectivity index (χ4v) is 4.23. The third kappa shape index (κ3) is 3.98. The molecule has 27 heavy (non-hydrogen) atoms. The molecule has 2 aliphatic rings. The van der Waals surface area contributed by atoms with Gasteiger partial charge in [0.15, 0.2) is 0 Å². The molecule has 3 heterocycles. The van der Waals surface area contributed by atoms with Crippen LogP contribution < -0.4 is 4.74 Å². The molecule has 0 N–H and O–H groups in total. The van der Waals surface area contributed by atoms with Gasteiger partial charge in [-0.25, -0.2) is 0 Å². The van der Waals surface area contributed by atoms with E-state index in [2.05, 4.69) is 21.2 Å². The predicted molar refractivity (Wildman–Crippen MR) is 99.0 cm³/mol. The zero-order valence-corrected chi connectivity index (χ0v) is 16.0. The monoisotopic (exact) mass is 370 g/mol. The Kier molecular flexibility index (Phi) is 4.86. The van der Waals surface area contributed by atoms with Crippen molar-refractivity contribution in [2.24, 2.45) is 5.41 Å². The summed E-state index contributed by atoms with van der Waals surface area (Å²) in [6, 6.07) is 7.96. The third-order valence-corrected chi connectivity index (χ3v) is 5.76. The van der Waals surface area contributed by atoms with Crippen LogP contribution >= 0.6 is 0 Å². The number of piperidine rings is 1. The number of amides is 1. The lowest BCUT2D eigenvalue weighted by molar-refractivity contribution is -0.128. The highest BCUT2D eigenvalue weighted by Gasteiger charge is 2.44. The van der Waals surface area contributed by atoms with Gasteiger partial charge in [-0.15, -0.1) is 10.2 Å². The van der Waals surface area contributed by atoms with Gasteiger partial charge in [-0.1, -0.05) is 12.1 Å². The second-order valence-corrected chi connectivity index (χ2v) is 7.77. The lowest BCUT2D eigenvalue weighted by Gasteiger charge is -2.38. The Morgan fingerprint density at radius 2 is 2.04 bits per heavy atom. The molecule has 144 valence electrons. The second kappa shape index (κ2) is 7.31. The van der Waals surface area contributed by atoms with E-state index >= 15 is 0 Å². The van der Waals surface area contributed by atoms with Crippen molar-refractivity contribution >= 4 is 5.91 Å². The first-order valence-electron chi connectivity index (χ1n) is 9.47. The second-order valence-electron chi connectivity index (χ2n) is 7.77. The number of rotatable bonds is 5. The number of nitrogens with zero attached hydrogens (tertiary/aromatic N) is 4. The van der Waals surface area contributed by atoms with Crippen molar-refractivity contribution < 1.29 is 13.9 Å². The molecule has 0 bridgehead atoms. The molecule has 2 fully saturated rings. The Morgan fingerprint density at radius 3 is 2.74 bits per heavy atom. The van der Waals surface area contributed by atoms with Gasteiger partial charge in [-0.05, 0) is 49.0 Å². The molecule has 1 aromatic carbocycles. The predicted octanol–water partition coefficient (Wildman–Crippen LogP) is 2.40. The average Bonchev–Trinajstić information content (AvgIpc) is 3.20. The van der Waals surface area contributed by atoms with E-state index < -0.39 is 0 Å². The zero-order valence-electron chi connectivity index (χ0n) is 16.0. The van der Waals surface area contributed by atoms with Crippen LogP contribution in [0.4, 0.5) is 0 Å². The summed E-state index contributed by atoms with van der Waals surface area (Å²) in [5.74, 6) is 2.37. The van der Waals surface area contributed by atoms with Crippen LogP contribution in [0.1, 0.15) is 36.6 Å². The quantitative estimate of drug-likeness (QED) is 0.805. The molecule has 0 aliphatic carbocycles. The Bertz CT molecular complexity index is 811. The lowest BCUT2D eigenvalue weighted by atomic mass is 9.77. The lowest BCUT2D eigenvalue weighted by Crippen LogP contribution is -2.41. The minimum Gasteiger partial charge on any atom is -0.497 e. The first-order valence-corrected chi connectivity index (χ1v) is 9.47. The van der Waals surface area contributed by atoms with E-state index in [0.717, 1.165) is 43.8 Å². The summed E-state index contributed by atoms with van der Waals surface area (Å²) < 4.78 is 10.8. The van der Waals surface area contributed by atoms with E-state index in [0.29, 0.717) is 31.3 Å². The van der Waals surface area contributed by atoms with Gasteiger partial charge in [-0.2, -0.15) is 0 Å². The molecular weight excluding hydrogens is 344 g/mol. The standard InChI is InChI=1S/C20H26N4O3/c1-15-21-22-18(27-15)13-23-8-6-20(7-9-23)11-19(25)24(14-20)12-16-4-3-5-17(10-16)26-2/h3-5,10H,6-9,11-14H2,1-2H3. The van der Waals surface area contributed by atoms with E-state index in [4.69, 9.17) is 9.15 Å². The highest BCUT2D eigenvalue weighted by molar-refractivity contribution is 5.79. The minimum absolute atomic E-state index is 0.108. The van der Waals surface area contributed by atoms with Crippen LogP contribution in [0.5, 0.6) is 5.75 Å². The molecule has 2 saturated heterocycles. The number of aromatic nitrogens is 2. The molecule has 7 heteroatoms. The topological polar surface area (TPSA) is 71.7 Å². The zero-order chi connectivity index (χ0) is 18.9. The van der Waals surface area contributed by atoms with Crippen LogP contribution in [-0.4, -0.2) is 52.6 Å². The molecule has 1 spiro atoms. The van der Waals surface area contributed by atoms with Crippen LogP contribution in [-0.2, 0) is 17.9 Å². The summed E-state index contributed by atoms with van der Waals surface area (Å²) in [6.45, 7) is 5.92. The number of hydrogen-bond donors (Lipinski definition) is 0. The van der Waals surface area contributed by atoms with Gasteiger partial charge in [0.05, 0.1) is 13.7 Å². The Morgan fingerprint density at radius 1 is 1.22 bits per heavy atom. The Balaban J connectivity index is 1.34. The normalized spacial score (nSPS) is 19.8. The molecular formula is C20H26N4O3. The van der Waals surface area contributed by atoms with E-state index in [1.54, 1.807) is 7.11 Å². The van der Waals surface area contributed by atoms with E-state index in [1.807, 2.05) is 30.0 Å². The van der Waals surface area contributed by atoms with E-state index in [1.165, 1.54) is 0 Å². The Labute approximate surface area is 159 Å². The van der Waals surface area contributed by atoms with E-state index in [-0.39, 0.29) is 11.3 Å². The highest BCUT2D eigenvalue weighted by atomic mass is 16.5. The SMILES string of the molecule is COc1cccc(CN2CC3(CCN(Cc4nnc(C)o4)CC3)CC2=O)c1. The maximum absolute atomic E-state index is 12.6. The van der Waals surface area contributed by atoms with Crippen molar-refractivity contribution in [2.75, 3.05) is 26.7 Å². The number of benzene rings is 1. The maximum atomic E-state index is 12.6. The fourth-order valence-electron chi connectivity index (χ4n) is 4.23. The van der Waals surface area contributed by atoms with Crippen LogP contribution in [0, 0.1) is 12.3 Å². The molecule has 1 amide bonds. The summed E-state index contributed by atoms with van der Waals surface area (Å²) in [5.41, 5.74) is 1.22. The molecule has 7 nitrogen and oxygen atoms in total. The van der Waals surface area contributed by atoms with E-state index in [9.17, 15) is 4.79 Å².